The number of hydrogen-bond donors (Lipinski definition) is 0. The fourth-order valence-corrected chi connectivity index (χ4v) is 2.45. The Morgan fingerprint density at radius 2 is 1.84 bits per heavy atom. The molecule has 2 rings (SSSR count). The normalized spacial score (nSPS) is 23.0. The first-order valence-corrected chi connectivity index (χ1v) is 6.67. The van der Waals surface area contributed by atoms with Gasteiger partial charge >= 0.3 is 0 Å². The van der Waals surface area contributed by atoms with Crippen LogP contribution >= 0.6 is 0 Å². The SMILES string of the molecule is CCC(CC1OC1C)c1cc(OC)c(OC)cc1F. The van der Waals surface area contributed by atoms with Crippen LogP contribution in [-0.2, 0) is 4.74 Å². The van der Waals surface area contributed by atoms with Crippen LogP contribution in [0.3, 0.4) is 0 Å². The molecule has 3 unspecified atom stereocenters. The average molecular weight is 268 g/mol. The van der Waals surface area contributed by atoms with Crippen LogP contribution in [0.15, 0.2) is 12.1 Å². The van der Waals surface area contributed by atoms with Crippen LogP contribution in [0.25, 0.3) is 0 Å². The molecule has 1 saturated heterocycles. The van der Waals surface area contributed by atoms with Crippen molar-refractivity contribution < 1.29 is 18.6 Å². The first kappa shape index (κ1) is 14.1. The number of hydrogen-bond acceptors (Lipinski definition) is 3. The predicted octanol–water partition coefficient (Wildman–Crippen LogP) is 3.51. The van der Waals surface area contributed by atoms with Crippen molar-refractivity contribution in [2.75, 3.05) is 14.2 Å². The molecule has 1 heterocycles. The maximum Gasteiger partial charge on any atom is 0.163 e. The van der Waals surface area contributed by atoms with Gasteiger partial charge in [-0.1, -0.05) is 6.92 Å². The third kappa shape index (κ3) is 3.00. The molecule has 1 fully saturated rings. The van der Waals surface area contributed by atoms with Gasteiger partial charge in [-0.3, -0.25) is 0 Å². The molecule has 0 radical (unpaired) electrons. The highest BCUT2D eigenvalue weighted by molar-refractivity contribution is 5.44. The lowest BCUT2D eigenvalue weighted by Crippen LogP contribution is -2.06. The number of benzene rings is 1. The fourth-order valence-electron chi connectivity index (χ4n) is 2.45. The van der Waals surface area contributed by atoms with Gasteiger partial charge in [0.05, 0.1) is 26.4 Å². The second-order valence-electron chi connectivity index (χ2n) is 4.95. The van der Waals surface area contributed by atoms with E-state index in [1.165, 1.54) is 13.2 Å². The van der Waals surface area contributed by atoms with Crippen molar-refractivity contribution in [3.05, 3.63) is 23.5 Å². The molecular weight excluding hydrogens is 247 g/mol. The van der Waals surface area contributed by atoms with Crippen LogP contribution in [0.2, 0.25) is 0 Å². The van der Waals surface area contributed by atoms with Crippen molar-refractivity contribution in [3.63, 3.8) is 0 Å². The highest BCUT2D eigenvalue weighted by Gasteiger charge is 2.36. The maximum atomic E-state index is 14.2. The van der Waals surface area contributed by atoms with E-state index in [1.807, 2.05) is 6.92 Å². The molecule has 0 amide bonds. The second kappa shape index (κ2) is 5.78. The Balaban J connectivity index is 2.25. The molecule has 0 bridgehead atoms. The van der Waals surface area contributed by atoms with E-state index in [-0.39, 0.29) is 17.8 Å². The molecule has 4 heteroatoms. The molecule has 0 N–H and O–H groups in total. The van der Waals surface area contributed by atoms with Crippen molar-refractivity contribution in [2.45, 2.75) is 44.8 Å². The average Bonchev–Trinajstić information content (AvgIpc) is 3.11. The van der Waals surface area contributed by atoms with E-state index in [4.69, 9.17) is 14.2 Å². The smallest absolute Gasteiger partial charge is 0.163 e. The van der Waals surface area contributed by atoms with E-state index in [2.05, 4.69) is 6.92 Å². The van der Waals surface area contributed by atoms with Gasteiger partial charge in [0.25, 0.3) is 0 Å². The number of rotatable bonds is 6. The van der Waals surface area contributed by atoms with Gasteiger partial charge in [-0.15, -0.1) is 0 Å². The molecule has 1 aromatic rings. The summed E-state index contributed by atoms with van der Waals surface area (Å²) in [7, 11) is 3.07. The summed E-state index contributed by atoms with van der Waals surface area (Å²) in [5.74, 6) is 0.907. The molecule has 0 aliphatic carbocycles. The fraction of sp³-hybridized carbons (Fsp3) is 0.600. The number of ether oxygens (including phenoxy) is 3. The lowest BCUT2D eigenvalue weighted by molar-refractivity contribution is 0.345. The molecule has 3 nitrogen and oxygen atoms in total. The zero-order chi connectivity index (χ0) is 14.0. The van der Waals surface area contributed by atoms with Gasteiger partial charge in [-0.25, -0.2) is 4.39 Å². The van der Waals surface area contributed by atoms with E-state index in [1.54, 1.807) is 13.2 Å². The Morgan fingerprint density at radius 3 is 2.32 bits per heavy atom. The topological polar surface area (TPSA) is 31.0 Å². The van der Waals surface area contributed by atoms with E-state index >= 15 is 0 Å². The van der Waals surface area contributed by atoms with Crippen molar-refractivity contribution >= 4 is 0 Å². The first-order valence-electron chi connectivity index (χ1n) is 6.67. The van der Waals surface area contributed by atoms with Crippen LogP contribution in [0.4, 0.5) is 4.39 Å². The molecule has 0 spiro atoms. The molecule has 3 atom stereocenters. The monoisotopic (exact) mass is 268 g/mol. The molecule has 0 saturated carbocycles. The van der Waals surface area contributed by atoms with Crippen LogP contribution in [0.1, 0.15) is 38.2 Å². The second-order valence-corrected chi connectivity index (χ2v) is 4.95. The standard InChI is InChI=1S/C15H21FO3/c1-5-10(6-13-9(2)19-13)11-7-14(17-3)15(18-4)8-12(11)16/h7-10,13H,5-6H2,1-4H3. The summed E-state index contributed by atoms with van der Waals surface area (Å²) in [6, 6.07) is 3.14. The lowest BCUT2D eigenvalue weighted by atomic mass is 9.90. The van der Waals surface area contributed by atoms with Crippen LogP contribution in [-0.4, -0.2) is 26.4 Å². The minimum atomic E-state index is -0.238. The summed E-state index contributed by atoms with van der Waals surface area (Å²) in [4.78, 5) is 0. The van der Waals surface area contributed by atoms with Crippen LogP contribution < -0.4 is 9.47 Å². The summed E-state index contributed by atoms with van der Waals surface area (Å²) < 4.78 is 30.0. The predicted molar refractivity (Wildman–Crippen MR) is 71.5 cm³/mol. The van der Waals surface area contributed by atoms with Gasteiger partial charge in [-0.05, 0) is 37.3 Å². The molecule has 106 valence electrons. The Hall–Kier alpha value is -1.29. The van der Waals surface area contributed by atoms with Crippen molar-refractivity contribution in [1.82, 2.24) is 0 Å². The van der Waals surface area contributed by atoms with Gasteiger partial charge in [-0.2, -0.15) is 0 Å². The molecule has 1 aliphatic heterocycles. The summed E-state index contributed by atoms with van der Waals surface area (Å²) in [5.41, 5.74) is 0.683. The molecule has 1 aromatic carbocycles. The van der Waals surface area contributed by atoms with E-state index < -0.39 is 0 Å². The zero-order valence-corrected chi connectivity index (χ0v) is 11.9. The van der Waals surface area contributed by atoms with E-state index in [0.29, 0.717) is 23.2 Å². The van der Waals surface area contributed by atoms with Gasteiger partial charge in [0, 0.05) is 6.07 Å². The number of epoxide rings is 1. The quantitative estimate of drug-likeness (QED) is 0.740. The minimum Gasteiger partial charge on any atom is -0.493 e. The molecule has 1 aliphatic rings. The van der Waals surface area contributed by atoms with Crippen molar-refractivity contribution in [2.24, 2.45) is 0 Å². The highest BCUT2D eigenvalue weighted by Crippen LogP contribution is 2.39. The lowest BCUT2D eigenvalue weighted by Gasteiger charge is -2.17. The first-order chi connectivity index (χ1) is 9.10. The number of halogens is 1. The Bertz CT molecular complexity index is 447. The van der Waals surface area contributed by atoms with Gasteiger partial charge in [0.2, 0.25) is 0 Å². The summed E-state index contributed by atoms with van der Waals surface area (Å²) in [5, 5.41) is 0. The van der Waals surface area contributed by atoms with Crippen molar-refractivity contribution in [1.29, 1.82) is 0 Å². The summed E-state index contributed by atoms with van der Waals surface area (Å²) >= 11 is 0. The third-order valence-electron chi connectivity index (χ3n) is 3.79. The highest BCUT2D eigenvalue weighted by atomic mass is 19.1. The van der Waals surface area contributed by atoms with E-state index in [0.717, 1.165) is 12.8 Å². The van der Waals surface area contributed by atoms with E-state index in [9.17, 15) is 4.39 Å². The Kier molecular flexibility index (Phi) is 4.30. The molecule has 0 aromatic heterocycles. The van der Waals surface area contributed by atoms with Crippen LogP contribution in [0.5, 0.6) is 11.5 Å². The molecular formula is C15H21FO3. The third-order valence-corrected chi connectivity index (χ3v) is 3.79. The Morgan fingerprint density at radius 1 is 1.26 bits per heavy atom. The Labute approximate surface area is 113 Å². The maximum absolute atomic E-state index is 14.2. The number of methoxy groups -OCH3 is 2. The van der Waals surface area contributed by atoms with Gasteiger partial charge in [0.1, 0.15) is 5.82 Å². The van der Waals surface area contributed by atoms with Gasteiger partial charge < -0.3 is 14.2 Å². The zero-order valence-electron chi connectivity index (χ0n) is 11.9. The minimum absolute atomic E-state index is 0.148. The van der Waals surface area contributed by atoms with Gasteiger partial charge in [0.15, 0.2) is 11.5 Å². The largest absolute Gasteiger partial charge is 0.493 e. The van der Waals surface area contributed by atoms with Crippen molar-refractivity contribution in [3.8, 4) is 11.5 Å². The summed E-state index contributed by atoms with van der Waals surface area (Å²) in [6.07, 6.45) is 2.29. The summed E-state index contributed by atoms with van der Waals surface area (Å²) in [6.45, 7) is 4.11. The van der Waals surface area contributed by atoms with Crippen LogP contribution in [0, 0.1) is 5.82 Å². The molecule has 19 heavy (non-hydrogen) atoms.